The molecule has 2 aliphatic heterocycles. The van der Waals surface area contributed by atoms with Crippen molar-refractivity contribution in [1.82, 2.24) is 9.80 Å². The number of imide groups is 2. The highest BCUT2D eigenvalue weighted by Gasteiger charge is 2.46. The molecule has 2 heterocycles. The SMILES string of the molecule is O=C(CCCCCCCCCCN1C(=O)C=CC1=O)CN1C(=O)CC(S(=O)(=O)O)C1=O. The third-order valence-corrected chi connectivity index (χ3v) is 6.47. The third kappa shape index (κ3) is 7.35. The highest BCUT2D eigenvalue weighted by molar-refractivity contribution is 7.87. The lowest BCUT2D eigenvalue weighted by Crippen LogP contribution is -2.38. The molecule has 172 valence electrons. The third-order valence-electron chi connectivity index (χ3n) is 5.38. The molecule has 0 bridgehead atoms. The van der Waals surface area contributed by atoms with E-state index < -0.39 is 40.1 Å². The fourth-order valence-electron chi connectivity index (χ4n) is 3.61. The molecule has 1 N–H and O–H groups in total. The summed E-state index contributed by atoms with van der Waals surface area (Å²) in [5, 5.41) is -1.80. The lowest BCUT2D eigenvalue weighted by atomic mass is 10.1. The summed E-state index contributed by atoms with van der Waals surface area (Å²) < 4.78 is 31.2. The van der Waals surface area contributed by atoms with Gasteiger partial charge in [-0.2, -0.15) is 8.42 Å². The monoisotopic (exact) mass is 456 g/mol. The van der Waals surface area contributed by atoms with Gasteiger partial charge >= 0.3 is 0 Å². The summed E-state index contributed by atoms with van der Waals surface area (Å²) in [6.45, 7) is -0.0129. The molecule has 0 spiro atoms. The van der Waals surface area contributed by atoms with Gasteiger partial charge < -0.3 is 0 Å². The van der Waals surface area contributed by atoms with Gasteiger partial charge in [0.25, 0.3) is 27.8 Å². The Hall–Kier alpha value is -2.40. The molecule has 4 amide bonds. The number of rotatable bonds is 14. The van der Waals surface area contributed by atoms with Crippen molar-refractivity contribution in [2.45, 2.75) is 69.5 Å². The summed E-state index contributed by atoms with van der Waals surface area (Å²) in [6, 6.07) is 0. The van der Waals surface area contributed by atoms with Crippen LogP contribution in [-0.4, -0.2) is 70.5 Å². The normalized spacial score (nSPS) is 19.2. The molecule has 0 saturated carbocycles. The van der Waals surface area contributed by atoms with Crippen LogP contribution in [0, 0.1) is 0 Å². The molecule has 2 aliphatic rings. The van der Waals surface area contributed by atoms with Crippen molar-refractivity contribution < 1.29 is 36.9 Å². The standard InChI is InChI=1S/C20H28N2O8S/c23-15(14-22-19(26)13-16(20(22)27)31(28,29)30)9-7-5-3-1-2-4-6-8-12-21-17(24)10-11-18(21)25/h10-11,16H,1-9,12-14H2,(H,28,29,30). The van der Waals surface area contributed by atoms with Gasteiger partial charge in [-0.15, -0.1) is 0 Å². The van der Waals surface area contributed by atoms with Gasteiger partial charge in [-0.05, 0) is 12.8 Å². The predicted octanol–water partition coefficient (Wildman–Crippen LogP) is 1.01. The van der Waals surface area contributed by atoms with E-state index in [1.165, 1.54) is 17.1 Å². The number of carbonyl (C=O) groups is 5. The van der Waals surface area contributed by atoms with Crippen LogP contribution in [0.15, 0.2) is 12.2 Å². The second kappa shape index (κ2) is 11.3. The number of hydrogen-bond donors (Lipinski definition) is 1. The lowest BCUT2D eigenvalue weighted by molar-refractivity contribution is -0.142. The smallest absolute Gasteiger partial charge is 0.277 e. The van der Waals surface area contributed by atoms with Crippen LogP contribution in [0.1, 0.15) is 64.2 Å². The maximum absolute atomic E-state index is 12.0. The van der Waals surface area contributed by atoms with E-state index in [0.29, 0.717) is 17.9 Å². The molecular weight excluding hydrogens is 428 g/mol. The second-order valence-corrected chi connectivity index (χ2v) is 9.40. The molecule has 0 aliphatic carbocycles. The molecule has 11 heteroatoms. The summed E-state index contributed by atoms with van der Waals surface area (Å²) in [7, 11) is -4.66. The van der Waals surface area contributed by atoms with Crippen molar-refractivity contribution in [2.24, 2.45) is 0 Å². The average Bonchev–Trinajstić information content (AvgIpc) is 3.16. The first-order chi connectivity index (χ1) is 14.6. The average molecular weight is 457 g/mol. The summed E-state index contributed by atoms with van der Waals surface area (Å²) in [6.07, 6.45) is 9.22. The Balaban J connectivity index is 1.49. The molecule has 1 saturated heterocycles. The van der Waals surface area contributed by atoms with Crippen LogP contribution >= 0.6 is 0 Å². The van der Waals surface area contributed by atoms with Crippen molar-refractivity contribution in [3.63, 3.8) is 0 Å². The van der Waals surface area contributed by atoms with Gasteiger partial charge in [0.05, 0.1) is 13.0 Å². The topological polar surface area (TPSA) is 146 Å². The van der Waals surface area contributed by atoms with Crippen LogP contribution in [0.5, 0.6) is 0 Å². The van der Waals surface area contributed by atoms with E-state index >= 15 is 0 Å². The Morgan fingerprint density at radius 2 is 1.39 bits per heavy atom. The number of carbonyl (C=O) groups excluding carboxylic acids is 5. The lowest BCUT2D eigenvalue weighted by Gasteiger charge is -2.13. The Morgan fingerprint density at radius 3 is 1.90 bits per heavy atom. The van der Waals surface area contributed by atoms with Gasteiger partial charge in [0.2, 0.25) is 5.91 Å². The first kappa shape index (κ1) is 24.9. The number of Topliss-reactive ketones (excluding diaryl/α,β-unsaturated/α-hetero) is 1. The van der Waals surface area contributed by atoms with Gasteiger partial charge in [-0.3, -0.25) is 38.3 Å². The second-order valence-electron chi connectivity index (χ2n) is 7.80. The Kier molecular flexibility index (Phi) is 9.05. The van der Waals surface area contributed by atoms with E-state index in [9.17, 15) is 32.4 Å². The molecule has 0 aromatic carbocycles. The van der Waals surface area contributed by atoms with Gasteiger partial charge in [-0.25, -0.2) is 0 Å². The molecule has 1 fully saturated rings. The summed E-state index contributed by atoms with van der Waals surface area (Å²) in [4.78, 5) is 60.3. The zero-order valence-corrected chi connectivity index (χ0v) is 18.1. The maximum atomic E-state index is 12.0. The molecule has 0 aromatic heterocycles. The predicted molar refractivity (Wildman–Crippen MR) is 109 cm³/mol. The molecule has 10 nitrogen and oxygen atoms in total. The van der Waals surface area contributed by atoms with Crippen molar-refractivity contribution >= 4 is 39.5 Å². The number of ketones is 1. The Bertz CT molecular complexity index is 846. The van der Waals surface area contributed by atoms with E-state index in [1.54, 1.807) is 0 Å². The van der Waals surface area contributed by atoms with E-state index in [2.05, 4.69) is 0 Å². The zero-order chi connectivity index (χ0) is 23.0. The fraction of sp³-hybridized carbons (Fsp3) is 0.650. The van der Waals surface area contributed by atoms with Crippen LogP contribution in [-0.2, 0) is 34.1 Å². The van der Waals surface area contributed by atoms with Crippen LogP contribution < -0.4 is 0 Å². The van der Waals surface area contributed by atoms with Crippen molar-refractivity contribution in [2.75, 3.05) is 13.1 Å². The Labute approximate surface area is 181 Å². The van der Waals surface area contributed by atoms with Crippen LogP contribution in [0.4, 0.5) is 0 Å². The molecular formula is C20H28N2O8S. The minimum atomic E-state index is -4.66. The first-order valence-electron chi connectivity index (χ1n) is 10.5. The van der Waals surface area contributed by atoms with Crippen molar-refractivity contribution in [3.8, 4) is 0 Å². The first-order valence-corrected chi connectivity index (χ1v) is 12.0. The number of likely N-dealkylation sites (tertiary alicyclic amines) is 1. The van der Waals surface area contributed by atoms with E-state index in [1.807, 2.05) is 0 Å². The van der Waals surface area contributed by atoms with Crippen molar-refractivity contribution in [3.05, 3.63) is 12.2 Å². The van der Waals surface area contributed by atoms with Crippen LogP contribution in [0.2, 0.25) is 0 Å². The fourth-order valence-corrected chi connectivity index (χ4v) is 4.35. The molecule has 31 heavy (non-hydrogen) atoms. The summed E-state index contributed by atoms with van der Waals surface area (Å²) in [5.74, 6) is -2.64. The van der Waals surface area contributed by atoms with Crippen LogP contribution in [0.3, 0.4) is 0 Å². The highest BCUT2D eigenvalue weighted by Crippen LogP contribution is 2.19. The summed E-state index contributed by atoms with van der Waals surface area (Å²) >= 11 is 0. The van der Waals surface area contributed by atoms with Crippen molar-refractivity contribution in [1.29, 1.82) is 0 Å². The summed E-state index contributed by atoms with van der Waals surface area (Å²) in [5.41, 5.74) is 0. The van der Waals surface area contributed by atoms with Gasteiger partial charge in [-0.1, -0.05) is 38.5 Å². The largest absolute Gasteiger partial charge is 0.298 e. The van der Waals surface area contributed by atoms with Gasteiger partial charge in [0.15, 0.2) is 11.0 Å². The highest BCUT2D eigenvalue weighted by atomic mass is 32.2. The van der Waals surface area contributed by atoms with Gasteiger partial charge in [0.1, 0.15) is 0 Å². The maximum Gasteiger partial charge on any atom is 0.277 e. The number of nitrogens with zero attached hydrogens (tertiary/aromatic N) is 2. The number of hydrogen-bond acceptors (Lipinski definition) is 7. The molecule has 0 aromatic rings. The quantitative estimate of drug-likeness (QED) is 0.231. The molecule has 0 radical (unpaired) electrons. The molecule has 1 unspecified atom stereocenters. The minimum absolute atomic E-state index is 0.194. The number of amides is 4. The minimum Gasteiger partial charge on any atom is -0.298 e. The van der Waals surface area contributed by atoms with E-state index in [4.69, 9.17) is 4.55 Å². The van der Waals surface area contributed by atoms with Gasteiger partial charge in [0, 0.05) is 25.1 Å². The zero-order valence-electron chi connectivity index (χ0n) is 17.3. The molecule has 1 atom stereocenters. The van der Waals surface area contributed by atoms with E-state index in [-0.39, 0.29) is 24.0 Å². The molecule has 2 rings (SSSR count). The Morgan fingerprint density at radius 1 is 0.871 bits per heavy atom. The van der Waals surface area contributed by atoms with E-state index in [0.717, 1.165) is 44.9 Å². The van der Waals surface area contributed by atoms with Crippen LogP contribution in [0.25, 0.3) is 0 Å². The number of unbranched alkanes of at least 4 members (excludes halogenated alkanes) is 7.